The Kier molecular flexibility index (Phi) is 23.7. The molecule has 0 aliphatic carbocycles. The molecule has 1 aliphatic rings. The van der Waals surface area contributed by atoms with Crippen molar-refractivity contribution in [3.8, 4) is 0 Å². The molecule has 0 aromatic heterocycles. The molecular formula is C35H65NO3. The van der Waals surface area contributed by atoms with E-state index in [9.17, 15) is 9.59 Å². The highest BCUT2D eigenvalue weighted by Crippen LogP contribution is 2.27. The quantitative estimate of drug-likeness (QED) is 0.0614. The second-order valence-electron chi connectivity index (χ2n) is 12.3. The minimum absolute atomic E-state index is 0.0637. The number of ether oxygens (including phenoxy) is 1. The first-order valence-corrected chi connectivity index (χ1v) is 17.1. The Bertz CT molecular complexity index is 609. The summed E-state index contributed by atoms with van der Waals surface area (Å²) in [6.45, 7) is 7.06. The fourth-order valence-electron chi connectivity index (χ4n) is 5.86. The number of unbranched alkanes of at least 4 members (excludes halogenated alkanes) is 15. The Morgan fingerprint density at radius 3 is 1.82 bits per heavy atom. The van der Waals surface area contributed by atoms with Crippen molar-refractivity contribution in [1.29, 1.82) is 0 Å². The van der Waals surface area contributed by atoms with Gasteiger partial charge in [0.25, 0.3) is 0 Å². The molecule has 0 radical (unpaired) electrons. The van der Waals surface area contributed by atoms with Crippen LogP contribution in [0, 0.1) is 11.8 Å². The molecule has 1 atom stereocenters. The summed E-state index contributed by atoms with van der Waals surface area (Å²) in [5.74, 6) is 1.11. The molecule has 39 heavy (non-hydrogen) atoms. The highest BCUT2D eigenvalue weighted by Gasteiger charge is 2.28. The number of hydrogen-bond donors (Lipinski definition) is 0. The third-order valence-corrected chi connectivity index (χ3v) is 8.59. The van der Waals surface area contributed by atoms with E-state index in [2.05, 4.69) is 31.9 Å². The number of likely N-dealkylation sites (tertiary alicyclic amines) is 1. The van der Waals surface area contributed by atoms with E-state index in [1.54, 1.807) is 0 Å². The summed E-state index contributed by atoms with van der Waals surface area (Å²) >= 11 is 0. The van der Waals surface area contributed by atoms with Crippen LogP contribution in [0.2, 0.25) is 0 Å². The third-order valence-electron chi connectivity index (χ3n) is 8.59. The van der Waals surface area contributed by atoms with Gasteiger partial charge in [-0.3, -0.25) is 9.59 Å². The van der Waals surface area contributed by atoms with Gasteiger partial charge in [0, 0.05) is 18.3 Å². The van der Waals surface area contributed by atoms with E-state index in [4.69, 9.17) is 4.74 Å². The van der Waals surface area contributed by atoms with Crippen LogP contribution in [0.4, 0.5) is 0 Å². The number of allylic oxidation sites excluding steroid dienone is 1. The standard InChI is InChI=1S/C35H65NO3/c1-4-6-8-10-12-16-20-24-32(35(38)33-27-29-36(3)30-28-33)25-21-17-13-14-18-22-26-34(37)39-31-23-19-15-11-9-7-5-2/h19,23,32-33H,4-18,20-22,24-31H2,1-3H3/b23-19-. The molecule has 0 bridgehead atoms. The monoisotopic (exact) mass is 547 g/mol. The van der Waals surface area contributed by atoms with Gasteiger partial charge in [-0.05, 0) is 65.1 Å². The number of Topliss-reactive ketones (excluding diaryl/α,β-unsaturated/α-hetero) is 1. The molecule has 4 nitrogen and oxygen atoms in total. The third kappa shape index (κ3) is 20.4. The lowest BCUT2D eigenvalue weighted by Gasteiger charge is -2.30. The Morgan fingerprint density at radius 2 is 1.23 bits per heavy atom. The zero-order chi connectivity index (χ0) is 28.4. The normalized spacial score (nSPS) is 15.7. The van der Waals surface area contributed by atoms with E-state index in [0.29, 0.717) is 24.7 Å². The van der Waals surface area contributed by atoms with Gasteiger partial charge in [0.05, 0.1) is 0 Å². The largest absolute Gasteiger partial charge is 0.461 e. The van der Waals surface area contributed by atoms with Crippen LogP contribution in [0.5, 0.6) is 0 Å². The summed E-state index contributed by atoms with van der Waals surface area (Å²) in [5.41, 5.74) is 0. The van der Waals surface area contributed by atoms with Crippen LogP contribution in [-0.4, -0.2) is 43.4 Å². The zero-order valence-corrected chi connectivity index (χ0v) is 26.4. The summed E-state index contributed by atoms with van der Waals surface area (Å²) in [7, 11) is 2.17. The lowest BCUT2D eigenvalue weighted by molar-refractivity contribution is -0.142. The Morgan fingerprint density at radius 1 is 0.718 bits per heavy atom. The topological polar surface area (TPSA) is 46.6 Å². The highest BCUT2D eigenvalue weighted by atomic mass is 16.5. The van der Waals surface area contributed by atoms with E-state index in [0.717, 1.165) is 58.0 Å². The summed E-state index contributed by atoms with van der Waals surface area (Å²) in [6.07, 6.45) is 31.2. The number of piperidine rings is 1. The van der Waals surface area contributed by atoms with Crippen molar-refractivity contribution in [3.63, 3.8) is 0 Å². The van der Waals surface area contributed by atoms with Crippen LogP contribution < -0.4 is 0 Å². The molecule has 228 valence electrons. The fourth-order valence-corrected chi connectivity index (χ4v) is 5.86. The van der Waals surface area contributed by atoms with Crippen LogP contribution in [-0.2, 0) is 14.3 Å². The van der Waals surface area contributed by atoms with E-state index in [1.165, 1.54) is 96.3 Å². The summed E-state index contributed by atoms with van der Waals surface area (Å²) in [6, 6.07) is 0. The van der Waals surface area contributed by atoms with Crippen molar-refractivity contribution in [1.82, 2.24) is 4.90 Å². The maximum Gasteiger partial charge on any atom is 0.306 e. The molecule has 1 unspecified atom stereocenters. The van der Waals surface area contributed by atoms with Crippen molar-refractivity contribution in [2.45, 2.75) is 162 Å². The molecule has 0 amide bonds. The van der Waals surface area contributed by atoms with Gasteiger partial charge >= 0.3 is 5.97 Å². The van der Waals surface area contributed by atoms with E-state index >= 15 is 0 Å². The molecule has 1 saturated heterocycles. The van der Waals surface area contributed by atoms with E-state index in [-0.39, 0.29) is 11.9 Å². The van der Waals surface area contributed by atoms with Crippen molar-refractivity contribution in [2.75, 3.05) is 26.7 Å². The van der Waals surface area contributed by atoms with Crippen LogP contribution >= 0.6 is 0 Å². The van der Waals surface area contributed by atoms with Crippen molar-refractivity contribution >= 4 is 11.8 Å². The molecule has 0 N–H and O–H groups in total. The number of esters is 1. The molecule has 1 aliphatic heterocycles. The lowest BCUT2D eigenvalue weighted by Crippen LogP contribution is -2.36. The van der Waals surface area contributed by atoms with Crippen LogP contribution in [0.25, 0.3) is 0 Å². The van der Waals surface area contributed by atoms with Gasteiger partial charge in [0.2, 0.25) is 0 Å². The second-order valence-corrected chi connectivity index (χ2v) is 12.3. The molecule has 4 heteroatoms. The van der Waals surface area contributed by atoms with Gasteiger partial charge in [0.1, 0.15) is 12.4 Å². The van der Waals surface area contributed by atoms with Gasteiger partial charge in [-0.25, -0.2) is 0 Å². The molecule has 0 aromatic rings. The smallest absolute Gasteiger partial charge is 0.306 e. The van der Waals surface area contributed by atoms with Crippen LogP contribution in [0.15, 0.2) is 12.2 Å². The van der Waals surface area contributed by atoms with Crippen molar-refractivity contribution in [2.24, 2.45) is 11.8 Å². The average molecular weight is 548 g/mol. The van der Waals surface area contributed by atoms with Gasteiger partial charge in [-0.2, -0.15) is 0 Å². The Hall–Kier alpha value is -1.16. The van der Waals surface area contributed by atoms with Crippen LogP contribution in [0.3, 0.4) is 0 Å². The first kappa shape index (κ1) is 35.9. The number of ketones is 1. The molecule has 1 heterocycles. The average Bonchev–Trinajstić information content (AvgIpc) is 2.94. The Balaban J connectivity index is 2.15. The van der Waals surface area contributed by atoms with Gasteiger partial charge in [0.15, 0.2) is 0 Å². The molecular weight excluding hydrogens is 482 g/mol. The summed E-state index contributed by atoms with van der Waals surface area (Å²) < 4.78 is 5.32. The second kappa shape index (κ2) is 25.8. The number of rotatable bonds is 26. The SMILES string of the molecule is CCCCCC/C=C\COC(=O)CCCCCCCCC(CCCCCCCCC)C(=O)C1CCN(C)CC1. The summed E-state index contributed by atoms with van der Waals surface area (Å²) in [4.78, 5) is 27.7. The minimum Gasteiger partial charge on any atom is -0.461 e. The summed E-state index contributed by atoms with van der Waals surface area (Å²) in [5, 5.41) is 0. The first-order chi connectivity index (χ1) is 19.1. The number of nitrogens with zero attached hydrogens (tertiary/aromatic N) is 1. The minimum atomic E-state index is -0.0637. The molecule has 0 saturated carbocycles. The number of carbonyl (C=O) groups is 2. The zero-order valence-electron chi connectivity index (χ0n) is 26.4. The predicted octanol–water partition coefficient (Wildman–Crippen LogP) is 9.84. The molecule has 1 rings (SSSR count). The Labute approximate surface area is 243 Å². The van der Waals surface area contributed by atoms with Gasteiger partial charge < -0.3 is 9.64 Å². The van der Waals surface area contributed by atoms with E-state index < -0.39 is 0 Å². The van der Waals surface area contributed by atoms with Crippen LogP contribution in [0.1, 0.15) is 162 Å². The predicted molar refractivity (Wildman–Crippen MR) is 167 cm³/mol. The number of carbonyl (C=O) groups excluding carboxylic acids is 2. The lowest BCUT2D eigenvalue weighted by atomic mass is 9.81. The maximum atomic E-state index is 13.4. The molecule has 0 spiro atoms. The highest BCUT2D eigenvalue weighted by molar-refractivity contribution is 5.83. The fraction of sp³-hybridized carbons (Fsp3) is 0.886. The van der Waals surface area contributed by atoms with Gasteiger partial charge in [-0.1, -0.05) is 122 Å². The van der Waals surface area contributed by atoms with Crippen molar-refractivity contribution < 1.29 is 14.3 Å². The first-order valence-electron chi connectivity index (χ1n) is 17.1. The maximum absolute atomic E-state index is 13.4. The molecule has 0 aromatic carbocycles. The van der Waals surface area contributed by atoms with E-state index in [1.807, 2.05) is 6.08 Å². The van der Waals surface area contributed by atoms with Gasteiger partial charge in [-0.15, -0.1) is 0 Å². The number of hydrogen-bond acceptors (Lipinski definition) is 4. The molecule has 1 fully saturated rings. The van der Waals surface area contributed by atoms with Crippen molar-refractivity contribution in [3.05, 3.63) is 12.2 Å².